The molecule has 0 radical (unpaired) electrons. The molecule has 1 aromatic heterocycles. The molecule has 0 aliphatic rings. The molecule has 7 heteroatoms. The average Bonchev–Trinajstić information content (AvgIpc) is 2.17. The van der Waals surface area contributed by atoms with Gasteiger partial charge in [-0.15, -0.1) is 0 Å². The highest BCUT2D eigenvalue weighted by Gasteiger charge is 2.14. The molecule has 0 aliphatic carbocycles. The van der Waals surface area contributed by atoms with Gasteiger partial charge in [-0.05, 0) is 6.92 Å². The predicted octanol–water partition coefficient (Wildman–Crippen LogP) is -1.34. The van der Waals surface area contributed by atoms with E-state index >= 15 is 0 Å². The smallest absolute Gasteiger partial charge is 0.272 e. The van der Waals surface area contributed by atoms with Gasteiger partial charge in [0.15, 0.2) is 0 Å². The highest BCUT2D eigenvalue weighted by molar-refractivity contribution is 5.95. The maximum atomic E-state index is 11.4. The van der Waals surface area contributed by atoms with Crippen LogP contribution in [0.3, 0.4) is 0 Å². The zero-order chi connectivity index (χ0) is 11.4. The van der Waals surface area contributed by atoms with Crippen LogP contribution in [0.15, 0.2) is 12.4 Å². The minimum Gasteiger partial charge on any atom is -0.382 e. The number of nitrogens with two attached hydrogens (primary N) is 2. The van der Waals surface area contributed by atoms with Crippen molar-refractivity contribution in [1.82, 2.24) is 15.3 Å². The molecule has 1 atom stereocenters. The lowest BCUT2D eigenvalue weighted by Crippen LogP contribution is -2.42. The number of hydrogen-bond acceptors (Lipinski definition) is 5. The number of nitrogen functional groups attached to an aromatic ring is 1. The molecule has 0 saturated carbocycles. The van der Waals surface area contributed by atoms with E-state index in [-0.39, 0.29) is 11.5 Å². The molecule has 2 amide bonds. The van der Waals surface area contributed by atoms with Crippen LogP contribution in [0.25, 0.3) is 0 Å². The van der Waals surface area contributed by atoms with Gasteiger partial charge in [-0.2, -0.15) is 0 Å². The van der Waals surface area contributed by atoms with Crippen molar-refractivity contribution in [3.63, 3.8) is 0 Å². The fourth-order valence-electron chi connectivity index (χ4n) is 0.832. The Kier molecular flexibility index (Phi) is 3.17. The summed E-state index contributed by atoms with van der Waals surface area (Å²) in [6.45, 7) is 1.47. The van der Waals surface area contributed by atoms with Gasteiger partial charge >= 0.3 is 0 Å². The Morgan fingerprint density at radius 1 is 1.47 bits per heavy atom. The standard InChI is InChI=1S/C8H11N5O2/c1-4(7(10)14)12-8(15)5-2-11-3-6(9)13-5/h2-4H,1H3,(H2,9,13)(H2,10,14)(H,12,15). The zero-order valence-corrected chi connectivity index (χ0v) is 8.10. The number of carbonyl (C=O) groups excluding carboxylic acids is 2. The highest BCUT2D eigenvalue weighted by atomic mass is 16.2. The Morgan fingerprint density at radius 3 is 2.67 bits per heavy atom. The van der Waals surface area contributed by atoms with Crippen molar-refractivity contribution in [2.75, 3.05) is 5.73 Å². The quantitative estimate of drug-likeness (QED) is 0.568. The molecular formula is C8H11N5O2. The first kappa shape index (κ1) is 10.9. The van der Waals surface area contributed by atoms with E-state index in [0.29, 0.717) is 0 Å². The summed E-state index contributed by atoms with van der Waals surface area (Å²) in [5.41, 5.74) is 10.4. The summed E-state index contributed by atoms with van der Waals surface area (Å²) in [6.07, 6.45) is 2.56. The SMILES string of the molecule is CC(NC(=O)c1cncc(N)n1)C(N)=O. The molecule has 80 valence electrons. The van der Waals surface area contributed by atoms with E-state index in [1.54, 1.807) is 0 Å². The van der Waals surface area contributed by atoms with Crippen LogP contribution >= 0.6 is 0 Å². The van der Waals surface area contributed by atoms with Crippen molar-refractivity contribution in [1.29, 1.82) is 0 Å². The summed E-state index contributed by atoms with van der Waals surface area (Å²) < 4.78 is 0. The van der Waals surface area contributed by atoms with E-state index < -0.39 is 17.9 Å². The Balaban J connectivity index is 2.73. The molecule has 0 aromatic carbocycles. The Hall–Kier alpha value is -2.18. The zero-order valence-electron chi connectivity index (χ0n) is 8.10. The van der Waals surface area contributed by atoms with Crippen LogP contribution in [0.2, 0.25) is 0 Å². The second-order valence-electron chi connectivity index (χ2n) is 2.93. The third-order valence-corrected chi connectivity index (χ3v) is 1.66. The normalized spacial score (nSPS) is 11.8. The molecular weight excluding hydrogens is 198 g/mol. The minimum atomic E-state index is -0.763. The van der Waals surface area contributed by atoms with Gasteiger partial charge in [0.1, 0.15) is 17.6 Å². The number of amides is 2. The first-order valence-corrected chi connectivity index (χ1v) is 4.18. The molecule has 0 bridgehead atoms. The third-order valence-electron chi connectivity index (χ3n) is 1.66. The van der Waals surface area contributed by atoms with Crippen molar-refractivity contribution in [3.05, 3.63) is 18.1 Å². The number of aromatic nitrogens is 2. The van der Waals surface area contributed by atoms with E-state index in [1.807, 2.05) is 0 Å². The molecule has 15 heavy (non-hydrogen) atoms. The number of anilines is 1. The van der Waals surface area contributed by atoms with Crippen LogP contribution in [-0.4, -0.2) is 27.8 Å². The molecule has 0 saturated heterocycles. The summed E-state index contributed by atoms with van der Waals surface area (Å²) in [6, 6.07) is -0.763. The van der Waals surface area contributed by atoms with Gasteiger partial charge in [0.25, 0.3) is 5.91 Å². The molecule has 1 rings (SSSR count). The molecule has 1 heterocycles. The van der Waals surface area contributed by atoms with Gasteiger partial charge < -0.3 is 16.8 Å². The molecule has 5 N–H and O–H groups in total. The Bertz CT molecular complexity index is 392. The lowest BCUT2D eigenvalue weighted by molar-refractivity contribution is -0.119. The van der Waals surface area contributed by atoms with E-state index in [4.69, 9.17) is 11.5 Å². The largest absolute Gasteiger partial charge is 0.382 e. The monoisotopic (exact) mass is 209 g/mol. The van der Waals surface area contributed by atoms with E-state index in [2.05, 4.69) is 15.3 Å². The van der Waals surface area contributed by atoms with Crippen molar-refractivity contribution in [2.24, 2.45) is 5.73 Å². The molecule has 1 unspecified atom stereocenters. The number of primary amides is 1. The number of nitrogens with zero attached hydrogens (tertiary/aromatic N) is 2. The van der Waals surface area contributed by atoms with Crippen molar-refractivity contribution < 1.29 is 9.59 Å². The number of carbonyl (C=O) groups is 2. The second-order valence-corrected chi connectivity index (χ2v) is 2.93. The van der Waals surface area contributed by atoms with Crippen LogP contribution in [0.5, 0.6) is 0 Å². The molecule has 1 aromatic rings. The summed E-state index contributed by atoms with van der Waals surface area (Å²) in [4.78, 5) is 29.5. The summed E-state index contributed by atoms with van der Waals surface area (Å²) >= 11 is 0. The first-order chi connectivity index (χ1) is 7.00. The lowest BCUT2D eigenvalue weighted by atomic mass is 10.3. The maximum absolute atomic E-state index is 11.4. The Morgan fingerprint density at radius 2 is 2.13 bits per heavy atom. The lowest BCUT2D eigenvalue weighted by Gasteiger charge is -2.09. The maximum Gasteiger partial charge on any atom is 0.272 e. The number of nitrogens with one attached hydrogen (secondary N) is 1. The summed E-state index contributed by atoms with van der Waals surface area (Å²) in [7, 11) is 0. The third kappa shape index (κ3) is 2.90. The minimum absolute atomic E-state index is 0.0445. The van der Waals surface area contributed by atoms with Crippen LogP contribution < -0.4 is 16.8 Å². The highest BCUT2D eigenvalue weighted by Crippen LogP contribution is 1.97. The van der Waals surface area contributed by atoms with Gasteiger partial charge in [-0.25, -0.2) is 4.98 Å². The van der Waals surface area contributed by atoms with Crippen LogP contribution in [0, 0.1) is 0 Å². The van der Waals surface area contributed by atoms with Gasteiger partial charge in [-0.3, -0.25) is 14.6 Å². The first-order valence-electron chi connectivity index (χ1n) is 4.18. The summed E-state index contributed by atoms with van der Waals surface area (Å²) in [5, 5.41) is 2.35. The second kappa shape index (κ2) is 4.36. The van der Waals surface area contributed by atoms with Gasteiger partial charge in [-0.1, -0.05) is 0 Å². The number of hydrogen-bond donors (Lipinski definition) is 3. The summed E-state index contributed by atoms with van der Waals surface area (Å²) in [5.74, 6) is -1.03. The molecule has 0 spiro atoms. The van der Waals surface area contributed by atoms with Crippen LogP contribution in [-0.2, 0) is 4.79 Å². The van der Waals surface area contributed by atoms with E-state index in [9.17, 15) is 9.59 Å². The van der Waals surface area contributed by atoms with Crippen LogP contribution in [0.1, 0.15) is 17.4 Å². The topological polar surface area (TPSA) is 124 Å². The fourth-order valence-corrected chi connectivity index (χ4v) is 0.832. The molecule has 0 aliphatic heterocycles. The van der Waals surface area contributed by atoms with E-state index in [0.717, 1.165) is 0 Å². The van der Waals surface area contributed by atoms with Crippen molar-refractivity contribution >= 4 is 17.6 Å². The fraction of sp³-hybridized carbons (Fsp3) is 0.250. The number of rotatable bonds is 3. The predicted molar refractivity (Wildman–Crippen MR) is 52.6 cm³/mol. The molecule has 7 nitrogen and oxygen atoms in total. The van der Waals surface area contributed by atoms with Gasteiger partial charge in [0, 0.05) is 0 Å². The van der Waals surface area contributed by atoms with Gasteiger partial charge in [0.05, 0.1) is 12.4 Å². The Labute approximate surface area is 85.9 Å². The van der Waals surface area contributed by atoms with E-state index in [1.165, 1.54) is 19.3 Å². The van der Waals surface area contributed by atoms with Crippen LogP contribution in [0.4, 0.5) is 5.82 Å². The van der Waals surface area contributed by atoms with Gasteiger partial charge in [0.2, 0.25) is 5.91 Å². The average molecular weight is 209 g/mol. The van der Waals surface area contributed by atoms with Crippen molar-refractivity contribution in [3.8, 4) is 0 Å². The van der Waals surface area contributed by atoms with Crippen molar-refractivity contribution in [2.45, 2.75) is 13.0 Å². The molecule has 0 fully saturated rings.